The molecule has 7 atom stereocenters. The second-order valence-corrected chi connectivity index (χ2v) is 19.0. The highest BCUT2D eigenvalue weighted by atomic mass is 31.2. The molecule has 2 aliphatic rings. The second-order valence-electron chi connectivity index (χ2n) is 17.6. The number of fused-ring (bicyclic) bond motifs is 2. The van der Waals surface area contributed by atoms with Crippen LogP contribution in [0.2, 0.25) is 0 Å². The number of nitrogens with zero attached hydrogens (tertiary/aromatic N) is 1. The topological polar surface area (TPSA) is 156 Å². The molecule has 7 unspecified atom stereocenters. The van der Waals surface area contributed by atoms with Crippen molar-refractivity contribution in [3.8, 4) is 0 Å². The summed E-state index contributed by atoms with van der Waals surface area (Å²) in [5, 5.41) is 9.33. The Morgan fingerprint density at radius 3 is 2.00 bits per heavy atom. The minimum atomic E-state index is -4.43. The first-order chi connectivity index (χ1) is 28.9. The summed E-state index contributed by atoms with van der Waals surface area (Å²) in [6.07, 6.45) is 33.7. The molecule has 1 saturated carbocycles. The number of allylic oxidation sites excluding steroid dienone is 3. The molecular weight excluding hydrogens is 789 g/mol. The summed E-state index contributed by atoms with van der Waals surface area (Å²) in [4.78, 5) is 51.3. The van der Waals surface area contributed by atoms with Gasteiger partial charge in [-0.15, -0.1) is 0 Å². The summed E-state index contributed by atoms with van der Waals surface area (Å²) < 4.78 is 34.4. The standard InChI is InChI=1S/C46H82NO12P/c1-6-8-10-11-12-13-14-15-16-17-18-19-20-21-26-30-45(48)53-37-40(38-55-60(51,52)54-35-34-47(3,4)5)56-46(49)31-27-23-22-25-29-41-42(44-36-43(41)58-59-44)33-32-39(57-50)28-24-9-7-2/h9,22,24-25,32-33,39-44H,6-8,10-21,23,26-31,34-38H2,1-5H3,(H-,50,51,52)/p+1/b24-9-,25-22-,33-32+. The van der Waals surface area contributed by atoms with Gasteiger partial charge in [-0.3, -0.25) is 23.9 Å². The molecule has 2 bridgehead atoms. The molecule has 2 N–H and O–H groups in total. The number of carbonyl (C=O) groups is 2. The Kier molecular flexibility index (Phi) is 29.5. The molecule has 348 valence electrons. The van der Waals surface area contributed by atoms with Crippen molar-refractivity contribution in [1.29, 1.82) is 0 Å². The average molecular weight is 873 g/mol. The predicted octanol–water partition coefficient (Wildman–Crippen LogP) is 10.8. The molecule has 0 radical (unpaired) electrons. The fourth-order valence-electron chi connectivity index (χ4n) is 7.46. The van der Waals surface area contributed by atoms with Crippen LogP contribution in [0.4, 0.5) is 0 Å². The second kappa shape index (κ2) is 32.7. The Morgan fingerprint density at radius 2 is 1.38 bits per heavy atom. The number of phosphoric ester groups is 1. The molecule has 60 heavy (non-hydrogen) atoms. The minimum absolute atomic E-state index is 0.000284. The van der Waals surface area contributed by atoms with E-state index in [2.05, 4.69) is 30.9 Å². The van der Waals surface area contributed by atoms with Crippen molar-refractivity contribution >= 4 is 19.8 Å². The van der Waals surface area contributed by atoms with Gasteiger partial charge >= 0.3 is 19.8 Å². The monoisotopic (exact) mass is 873 g/mol. The summed E-state index contributed by atoms with van der Waals surface area (Å²) in [7, 11) is 1.37. The maximum Gasteiger partial charge on any atom is 0.472 e. The Balaban J connectivity index is 1.73. The Morgan fingerprint density at radius 1 is 0.767 bits per heavy atom. The van der Waals surface area contributed by atoms with Crippen LogP contribution in [-0.2, 0) is 47.3 Å². The molecule has 1 aliphatic heterocycles. The van der Waals surface area contributed by atoms with Crippen LogP contribution >= 0.6 is 7.82 Å². The van der Waals surface area contributed by atoms with Gasteiger partial charge < -0.3 is 18.9 Å². The third-order valence-corrected chi connectivity index (χ3v) is 12.1. The lowest BCUT2D eigenvalue weighted by Crippen LogP contribution is -2.37. The minimum Gasteiger partial charge on any atom is -0.462 e. The SMILES string of the molecule is CC/C=C\CC(/C=C/C1C2CC(OO2)C1C/C=C\CCCC(=O)OC(COC(=O)CCCCCCCCCCCCCCCCC)COP(=O)(O)OCC[N+](C)(C)C)OO. The number of rotatable bonds is 38. The number of likely N-dealkylation sites (N-methyl/N-ethyl adjacent to an activating group) is 1. The van der Waals surface area contributed by atoms with Crippen LogP contribution in [-0.4, -0.2) is 98.5 Å². The van der Waals surface area contributed by atoms with Gasteiger partial charge in [-0.25, -0.2) is 19.2 Å². The lowest BCUT2D eigenvalue weighted by atomic mass is 9.89. The van der Waals surface area contributed by atoms with Crippen LogP contribution in [0.25, 0.3) is 0 Å². The first-order valence-electron chi connectivity index (χ1n) is 23.3. The quantitative estimate of drug-likeness (QED) is 0.0115. The number of phosphoric acid groups is 1. The van der Waals surface area contributed by atoms with Gasteiger partial charge in [-0.05, 0) is 38.5 Å². The summed E-state index contributed by atoms with van der Waals surface area (Å²) in [5.41, 5.74) is 0. The summed E-state index contributed by atoms with van der Waals surface area (Å²) in [6, 6.07) is 0. The van der Waals surface area contributed by atoms with E-state index in [0.717, 1.165) is 32.1 Å². The Labute approximate surface area is 362 Å². The van der Waals surface area contributed by atoms with E-state index in [-0.39, 0.29) is 50.1 Å². The lowest BCUT2D eigenvalue weighted by Gasteiger charge is -2.27. The zero-order valence-corrected chi connectivity index (χ0v) is 38.8. The zero-order chi connectivity index (χ0) is 43.9. The highest BCUT2D eigenvalue weighted by Gasteiger charge is 2.49. The molecule has 0 aromatic heterocycles. The molecule has 14 heteroatoms. The van der Waals surface area contributed by atoms with E-state index < -0.39 is 38.6 Å². The normalized spacial score (nSPS) is 21.3. The van der Waals surface area contributed by atoms with Crippen molar-refractivity contribution in [1.82, 2.24) is 0 Å². The van der Waals surface area contributed by atoms with Crippen molar-refractivity contribution < 1.29 is 62.0 Å². The summed E-state index contributed by atoms with van der Waals surface area (Å²) in [5.74, 6) is -0.579. The van der Waals surface area contributed by atoms with Crippen molar-refractivity contribution in [2.75, 3.05) is 47.5 Å². The number of hydrogen-bond donors (Lipinski definition) is 2. The van der Waals surface area contributed by atoms with Crippen LogP contribution in [0.5, 0.6) is 0 Å². The van der Waals surface area contributed by atoms with Crippen molar-refractivity contribution in [3.05, 3.63) is 36.5 Å². The van der Waals surface area contributed by atoms with Crippen LogP contribution in [0.1, 0.15) is 162 Å². The van der Waals surface area contributed by atoms with Gasteiger partial charge in [0.05, 0.1) is 33.9 Å². The first-order valence-corrected chi connectivity index (χ1v) is 24.7. The highest BCUT2D eigenvalue weighted by Crippen LogP contribution is 2.45. The molecular formula is C46H83NO12P+. The van der Waals surface area contributed by atoms with Crippen molar-refractivity contribution in [2.24, 2.45) is 11.8 Å². The fraction of sp³-hybridized carbons (Fsp3) is 0.826. The molecule has 2 rings (SSSR count). The van der Waals surface area contributed by atoms with Gasteiger partial charge in [-0.2, -0.15) is 0 Å². The van der Waals surface area contributed by atoms with Crippen LogP contribution < -0.4 is 0 Å². The van der Waals surface area contributed by atoms with Gasteiger partial charge in [0.2, 0.25) is 0 Å². The predicted molar refractivity (Wildman–Crippen MR) is 235 cm³/mol. The van der Waals surface area contributed by atoms with E-state index in [1.165, 1.54) is 77.0 Å². The van der Waals surface area contributed by atoms with E-state index in [0.29, 0.717) is 36.7 Å². The van der Waals surface area contributed by atoms with E-state index in [4.69, 9.17) is 28.3 Å². The molecule has 0 aromatic carbocycles. The number of hydrogen-bond acceptors (Lipinski definition) is 11. The molecule has 2 fully saturated rings. The Bertz CT molecular complexity index is 1270. The maximum atomic E-state index is 12.9. The summed E-state index contributed by atoms with van der Waals surface area (Å²) >= 11 is 0. The van der Waals surface area contributed by atoms with Crippen LogP contribution in [0.3, 0.4) is 0 Å². The molecule has 1 aliphatic carbocycles. The van der Waals surface area contributed by atoms with Crippen molar-refractivity contribution in [3.63, 3.8) is 0 Å². The third-order valence-electron chi connectivity index (χ3n) is 11.1. The summed E-state index contributed by atoms with van der Waals surface area (Å²) in [6.45, 7) is 4.05. The fourth-order valence-corrected chi connectivity index (χ4v) is 8.20. The maximum absolute atomic E-state index is 12.9. The third kappa shape index (κ3) is 26.5. The van der Waals surface area contributed by atoms with Crippen molar-refractivity contribution in [2.45, 2.75) is 186 Å². The largest absolute Gasteiger partial charge is 0.472 e. The number of esters is 2. The Hall–Kier alpha value is -1.93. The molecule has 0 aromatic rings. The molecule has 1 saturated heterocycles. The van der Waals surface area contributed by atoms with Gasteiger partial charge in [0.15, 0.2) is 6.10 Å². The number of carbonyl (C=O) groups excluding carboxylic acids is 2. The lowest BCUT2D eigenvalue weighted by molar-refractivity contribution is -0.870. The van der Waals surface area contributed by atoms with E-state index in [9.17, 15) is 24.3 Å². The van der Waals surface area contributed by atoms with E-state index >= 15 is 0 Å². The molecule has 1 heterocycles. The number of quaternary nitrogens is 1. The van der Waals surface area contributed by atoms with E-state index in [1.54, 1.807) is 0 Å². The average Bonchev–Trinajstić information content (AvgIpc) is 3.82. The van der Waals surface area contributed by atoms with Gasteiger partial charge in [0.1, 0.15) is 32.0 Å². The highest BCUT2D eigenvalue weighted by molar-refractivity contribution is 7.47. The van der Waals surface area contributed by atoms with E-state index in [1.807, 2.05) is 45.4 Å². The van der Waals surface area contributed by atoms with Gasteiger partial charge in [0, 0.05) is 31.1 Å². The molecule has 13 nitrogen and oxygen atoms in total. The number of unbranched alkanes of at least 4 members (excludes halogenated alkanes) is 15. The van der Waals surface area contributed by atoms with Crippen LogP contribution in [0, 0.1) is 11.8 Å². The zero-order valence-electron chi connectivity index (χ0n) is 37.9. The number of ether oxygens (including phenoxy) is 2. The smallest absolute Gasteiger partial charge is 0.462 e. The van der Waals surface area contributed by atoms with Gasteiger partial charge in [-0.1, -0.05) is 140 Å². The first kappa shape index (κ1) is 54.2. The van der Waals surface area contributed by atoms with Gasteiger partial charge in [0.25, 0.3) is 0 Å². The molecule has 0 spiro atoms. The van der Waals surface area contributed by atoms with Crippen LogP contribution in [0.15, 0.2) is 36.5 Å². The molecule has 0 amide bonds.